The van der Waals surface area contributed by atoms with Crippen molar-refractivity contribution in [3.63, 3.8) is 0 Å². The zero-order valence-electron chi connectivity index (χ0n) is 11.5. The number of nitrogens with two attached hydrogens (primary N) is 1. The molecule has 114 valence electrons. The SMILES string of the molecule is CC(c1cnccn1)S(=O)(=O)N1CCCCC1CN.Cl. The summed E-state index contributed by atoms with van der Waals surface area (Å²) in [5, 5.41) is -0.687. The Morgan fingerprint density at radius 3 is 2.80 bits per heavy atom. The molecule has 8 heteroatoms. The van der Waals surface area contributed by atoms with E-state index in [4.69, 9.17) is 5.73 Å². The van der Waals surface area contributed by atoms with Crippen LogP contribution in [0.3, 0.4) is 0 Å². The first kappa shape index (κ1) is 17.3. The van der Waals surface area contributed by atoms with Gasteiger partial charge in [-0.15, -0.1) is 12.4 Å². The quantitative estimate of drug-likeness (QED) is 0.897. The van der Waals surface area contributed by atoms with Crippen molar-refractivity contribution in [2.24, 2.45) is 5.73 Å². The normalized spacial score (nSPS) is 22.0. The molecule has 2 unspecified atom stereocenters. The van der Waals surface area contributed by atoms with Crippen LogP contribution in [-0.2, 0) is 10.0 Å². The maximum Gasteiger partial charge on any atom is 0.222 e. The van der Waals surface area contributed by atoms with Gasteiger partial charge in [0.25, 0.3) is 0 Å². The van der Waals surface area contributed by atoms with E-state index in [9.17, 15) is 8.42 Å². The van der Waals surface area contributed by atoms with E-state index in [0.29, 0.717) is 18.8 Å². The van der Waals surface area contributed by atoms with Gasteiger partial charge in [0.2, 0.25) is 10.0 Å². The zero-order valence-corrected chi connectivity index (χ0v) is 13.1. The Hall–Kier alpha value is -0.760. The maximum absolute atomic E-state index is 12.7. The largest absolute Gasteiger partial charge is 0.329 e. The lowest BCUT2D eigenvalue weighted by Gasteiger charge is -2.35. The summed E-state index contributed by atoms with van der Waals surface area (Å²) in [6.45, 7) is 2.57. The highest BCUT2D eigenvalue weighted by Gasteiger charge is 2.36. The second kappa shape index (κ2) is 7.31. The van der Waals surface area contributed by atoms with Gasteiger partial charge in [-0.3, -0.25) is 9.97 Å². The highest BCUT2D eigenvalue weighted by molar-refractivity contribution is 7.89. The molecule has 0 radical (unpaired) electrons. The first-order valence-electron chi connectivity index (χ1n) is 6.54. The van der Waals surface area contributed by atoms with Crippen LogP contribution in [0, 0.1) is 0 Å². The third-order valence-electron chi connectivity index (χ3n) is 3.62. The second-order valence-electron chi connectivity index (χ2n) is 4.81. The van der Waals surface area contributed by atoms with Gasteiger partial charge in [0, 0.05) is 37.7 Å². The minimum atomic E-state index is -3.43. The Bertz CT molecular complexity index is 511. The van der Waals surface area contributed by atoms with E-state index in [2.05, 4.69) is 9.97 Å². The molecule has 1 aromatic rings. The standard InChI is InChI=1S/C12H20N4O2S.ClH/c1-10(12-9-14-5-6-15-12)19(17,18)16-7-3-2-4-11(16)8-13;/h5-6,9-11H,2-4,7-8,13H2,1H3;1H. The number of hydrogen-bond donors (Lipinski definition) is 1. The molecule has 2 heterocycles. The number of rotatable bonds is 4. The average molecular weight is 321 g/mol. The minimum Gasteiger partial charge on any atom is -0.329 e. The predicted molar refractivity (Wildman–Crippen MR) is 80.0 cm³/mol. The number of halogens is 1. The Balaban J connectivity index is 0.00000200. The molecule has 1 saturated heterocycles. The lowest BCUT2D eigenvalue weighted by molar-refractivity contribution is 0.255. The molecule has 0 aliphatic carbocycles. The highest BCUT2D eigenvalue weighted by atomic mass is 35.5. The summed E-state index contributed by atoms with van der Waals surface area (Å²) in [5.41, 5.74) is 6.17. The van der Waals surface area contributed by atoms with Crippen LogP contribution < -0.4 is 5.73 Å². The third-order valence-corrected chi connectivity index (χ3v) is 5.89. The molecule has 1 aliphatic rings. The van der Waals surface area contributed by atoms with Crippen molar-refractivity contribution >= 4 is 22.4 Å². The fourth-order valence-electron chi connectivity index (χ4n) is 2.42. The van der Waals surface area contributed by atoms with Gasteiger partial charge in [-0.1, -0.05) is 6.42 Å². The van der Waals surface area contributed by atoms with Gasteiger partial charge in [0.05, 0.1) is 5.69 Å². The van der Waals surface area contributed by atoms with Crippen molar-refractivity contribution in [2.45, 2.75) is 37.5 Å². The van der Waals surface area contributed by atoms with E-state index in [0.717, 1.165) is 19.3 Å². The lowest BCUT2D eigenvalue weighted by Crippen LogP contribution is -2.48. The number of piperidine rings is 1. The Kier molecular flexibility index (Phi) is 6.32. The number of hydrogen-bond acceptors (Lipinski definition) is 5. The summed E-state index contributed by atoms with van der Waals surface area (Å²) in [4.78, 5) is 8.02. The van der Waals surface area contributed by atoms with E-state index in [1.165, 1.54) is 18.6 Å². The molecule has 20 heavy (non-hydrogen) atoms. The molecule has 1 aromatic heterocycles. The van der Waals surface area contributed by atoms with Crippen LogP contribution in [0.1, 0.15) is 37.1 Å². The van der Waals surface area contributed by atoms with Crippen molar-refractivity contribution in [2.75, 3.05) is 13.1 Å². The first-order valence-corrected chi connectivity index (χ1v) is 8.04. The number of nitrogens with zero attached hydrogens (tertiary/aromatic N) is 3. The van der Waals surface area contributed by atoms with Crippen molar-refractivity contribution in [3.8, 4) is 0 Å². The fraction of sp³-hybridized carbons (Fsp3) is 0.667. The minimum absolute atomic E-state index is 0. The molecule has 0 saturated carbocycles. The fourth-order valence-corrected chi connectivity index (χ4v) is 4.24. The van der Waals surface area contributed by atoms with Crippen molar-refractivity contribution in [1.82, 2.24) is 14.3 Å². The number of aromatic nitrogens is 2. The summed E-state index contributed by atoms with van der Waals surface area (Å²) in [6, 6.07) is -0.0853. The average Bonchev–Trinajstić information content (AvgIpc) is 2.47. The van der Waals surface area contributed by atoms with Crippen LogP contribution in [-0.4, -0.2) is 41.8 Å². The molecular weight excluding hydrogens is 300 g/mol. The van der Waals surface area contributed by atoms with Gasteiger partial charge in [0.1, 0.15) is 5.25 Å². The Labute approximate surface area is 126 Å². The van der Waals surface area contributed by atoms with Crippen LogP contribution in [0.2, 0.25) is 0 Å². The van der Waals surface area contributed by atoms with Gasteiger partial charge in [-0.2, -0.15) is 4.31 Å². The molecular formula is C12H21ClN4O2S. The van der Waals surface area contributed by atoms with Gasteiger partial charge < -0.3 is 5.73 Å². The molecule has 0 amide bonds. The van der Waals surface area contributed by atoms with E-state index in [-0.39, 0.29) is 18.4 Å². The molecule has 0 aromatic carbocycles. The maximum atomic E-state index is 12.7. The zero-order chi connectivity index (χ0) is 13.9. The van der Waals surface area contributed by atoms with Gasteiger partial charge in [-0.25, -0.2) is 8.42 Å². The van der Waals surface area contributed by atoms with Crippen molar-refractivity contribution in [1.29, 1.82) is 0 Å². The highest BCUT2D eigenvalue weighted by Crippen LogP contribution is 2.28. The molecule has 0 bridgehead atoms. The van der Waals surface area contributed by atoms with Crippen molar-refractivity contribution < 1.29 is 8.42 Å². The molecule has 2 rings (SSSR count). The molecule has 1 fully saturated rings. The smallest absolute Gasteiger partial charge is 0.222 e. The topological polar surface area (TPSA) is 89.2 Å². The van der Waals surface area contributed by atoms with Crippen LogP contribution in [0.25, 0.3) is 0 Å². The molecule has 2 N–H and O–H groups in total. The molecule has 6 nitrogen and oxygen atoms in total. The van der Waals surface area contributed by atoms with E-state index in [1.54, 1.807) is 11.2 Å². The van der Waals surface area contributed by atoms with Crippen LogP contribution in [0.5, 0.6) is 0 Å². The monoisotopic (exact) mass is 320 g/mol. The molecule has 1 aliphatic heterocycles. The van der Waals surface area contributed by atoms with E-state index in [1.807, 2.05) is 0 Å². The summed E-state index contributed by atoms with van der Waals surface area (Å²) in [6.07, 6.45) is 7.31. The predicted octanol–water partition coefficient (Wildman–Crippen LogP) is 1.10. The molecule has 0 spiro atoms. The number of sulfonamides is 1. The molecule has 2 atom stereocenters. The van der Waals surface area contributed by atoms with Crippen LogP contribution in [0.15, 0.2) is 18.6 Å². The van der Waals surface area contributed by atoms with Gasteiger partial charge in [-0.05, 0) is 19.8 Å². The van der Waals surface area contributed by atoms with Crippen molar-refractivity contribution in [3.05, 3.63) is 24.3 Å². The van der Waals surface area contributed by atoms with Crippen LogP contribution >= 0.6 is 12.4 Å². The summed E-state index contributed by atoms with van der Waals surface area (Å²) >= 11 is 0. The Morgan fingerprint density at radius 2 is 2.20 bits per heavy atom. The summed E-state index contributed by atoms with van der Waals surface area (Å²) in [7, 11) is -3.43. The van der Waals surface area contributed by atoms with Gasteiger partial charge in [0.15, 0.2) is 0 Å². The van der Waals surface area contributed by atoms with E-state index >= 15 is 0 Å². The first-order chi connectivity index (χ1) is 9.07. The summed E-state index contributed by atoms with van der Waals surface area (Å²) < 4.78 is 26.9. The van der Waals surface area contributed by atoms with Crippen LogP contribution in [0.4, 0.5) is 0 Å². The third kappa shape index (κ3) is 3.46. The van der Waals surface area contributed by atoms with E-state index < -0.39 is 15.3 Å². The lowest BCUT2D eigenvalue weighted by atomic mass is 10.1. The summed E-state index contributed by atoms with van der Waals surface area (Å²) in [5.74, 6) is 0. The van der Waals surface area contributed by atoms with Gasteiger partial charge >= 0.3 is 0 Å². The second-order valence-corrected chi connectivity index (χ2v) is 7.02. The Morgan fingerprint density at radius 1 is 1.45 bits per heavy atom.